The normalized spacial score (nSPS) is 11.4. The zero-order valence-corrected chi connectivity index (χ0v) is 25.1. The fourth-order valence-electron chi connectivity index (χ4n) is 4.12. The van der Waals surface area contributed by atoms with Crippen LogP contribution in [0.5, 0.6) is 5.75 Å². The number of carbonyl (C=O) groups excluding carboxylic acids is 4. The number of Topliss-reactive ketones (excluding diaryl/α,β-unsaturated/α-hetero) is 1. The molecule has 0 bridgehead atoms. The predicted molar refractivity (Wildman–Crippen MR) is 160 cm³/mol. The zero-order valence-electron chi connectivity index (χ0n) is 24.3. The van der Waals surface area contributed by atoms with Crippen molar-refractivity contribution in [1.29, 1.82) is 0 Å². The Kier molecular flexibility index (Phi) is 15.6. The summed E-state index contributed by atoms with van der Waals surface area (Å²) in [6, 6.07) is 10.6. The van der Waals surface area contributed by atoms with Crippen molar-refractivity contribution in [1.82, 2.24) is 0 Å². The third-order valence-corrected chi connectivity index (χ3v) is 6.90. The summed E-state index contributed by atoms with van der Waals surface area (Å²) in [6.45, 7) is 3.94. The lowest BCUT2D eigenvalue weighted by Crippen LogP contribution is -2.26. The first-order valence-corrected chi connectivity index (χ1v) is 14.8. The van der Waals surface area contributed by atoms with Gasteiger partial charge in [-0.2, -0.15) is 0 Å². The molecule has 224 valence electrons. The highest BCUT2D eigenvalue weighted by Gasteiger charge is 2.21. The first-order chi connectivity index (χ1) is 19.7. The van der Waals surface area contributed by atoms with Crippen molar-refractivity contribution < 1.29 is 33.4 Å². The summed E-state index contributed by atoms with van der Waals surface area (Å²) in [7, 11) is 1.52. The van der Waals surface area contributed by atoms with Crippen molar-refractivity contribution in [3.05, 3.63) is 58.6 Å². The lowest BCUT2D eigenvalue weighted by molar-refractivity contribution is -0.153. The van der Waals surface area contributed by atoms with E-state index in [-0.39, 0.29) is 28.7 Å². The number of unbranched alkanes of at least 4 members (excludes halogenated alkanes) is 9. The van der Waals surface area contributed by atoms with Gasteiger partial charge in [-0.25, -0.2) is 9.59 Å². The number of methoxy groups -OCH3 is 1. The minimum atomic E-state index is -1.10. The van der Waals surface area contributed by atoms with Gasteiger partial charge in [0.2, 0.25) is 5.91 Å². The number of anilines is 1. The van der Waals surface area contributed by atoms with E-state index in [2.05, 4.69) is 12.2 Å². The quantitative estimate of drug-likeness (QED) is 0.0781. The van der Waals surface area contributed by atoms with Crippen LogP contribution in [0.15, 0.2) is 42.5 Å². The van der Waals surface area contributed by atoms with Crippen molar-refractivity contribution in [2.45, 2.75) is 90.6 Å². The molecule has 9 heteroatoms. The SMILES string of the molecule is CCCCCCCCCCCCOC(=O)C(C)OC(=O)c1ccc(Cl)c(NC(=O)CC(=O)c2ccc(OC)cc2)c1. The number of ether oxygens (including phenoxy) is 3. The molecule has 0 saturated carbocycles. The molecule has 8 nitrogen and oxygen atoms in total. The monoisotopic (exact) mass is 587 g/mol. The minimum absolute atomic E-state index is 0.0838. The summed E-state index contributed by atoms with van der Waals surface area (Å²) in [5, 5.41) is 2.73. The maximum absolute atomic E-state index is 12.6. The molecule has 0 heterocycles. The molecule has 0 aliphatic heterocycles. The third-order valence-electron chi connectivity index (χ3n) is 6.57. The largest absolute Gasteiger partial charge is 0.497 e. The van der Waals surface area contributed by atoms with E-state index >= 15 is 0 Å². The van der Waals surface area contributed by atoms with Crippen LogP contribution in [-0.2, 0) is 19.1 Å². The Morgan fingerprint density at radius 2 is 1.41 bits per heavy atom. The number of halogens is 1. The van der Waals surface area contributed by atoms with E-state index in [0.717, 1.165) is 19.3 Å². The number of hydrogen-bond acceptors (Lipinski definition) is 7. The van der Waals surface area contributed by atoms with Crippen LogP contribution in [0.4, 0.5) is 5.69 Å². The number of carbonyl (C=O) groups is 4. The molecule has 0 radical (unpaired) electrons. The van der Waals surface area contributed by atoms with Crippen LogP contribution in [-0.4, -0.2) is 43.4 Å². The van der Waals surface area contributed by atoms with E-state index in [9.17, 15) is 19.2 Å². The van der Waals surface area contributed by atoms with Crippen LogP contribution in [0.25, 0.3) is 0 Å². The summed E-state index contributed by atoms with van der Waals surface area (Å²) in [5.74, 6) is -1.77. The van der Waals surface area contributed by atoms with E-state index in [0.29, 0.717) is 11.3 Å². The summed E-state index contributed by atoms with van der Waals surface area (Å²) in [6.07, 6.45) is 10.3. The second-order valence-electron chi connectivity index (χ2n) is 9.97. The van der Waals surface area contributed by atoms with Crippen LogP contribution in [0.1, 0.15) is 105 Å². The van der Waals surface area contributed by atoms with E-state index < -0.39 is 30.4 Å². The van der Waals surface area contributed by atoms with Gasteiger partial charge in [0.1, 0.15) is 5.75 Å². The van der Waals surface area contributed by atoms with Gasteiger partial charge in [-0.15, -0.1) is 0 Å². The Hall–Kier alpha value is -3.39. The Balaban J connectivity index is 1.74. The molecular formula is C32H42ClNO7. The van der Waals surface area contributed by atoms with Gasteiger partial charge < -0.3 is 19.5 Å². The number of benzene rings is 2. The third kappa shape index (κ3) is 12.8. The average molecular weight is 588 g/mol. The molecule has 0 aliphatic rings. The van der Waals surface area contributed by atoms with Gasteiger partial charge in [-0.3, -0.25) is 9.59 Å². The van der Waals surface area contributed by atoms with Gasteiger partial charge >= 0.3 is 11.9 Å². The Morgan fingerprint density at radius 1 is 0.829 bits per heavy atom. The maximum Gasteiger partial charge on any atom is 0.347 e. The molecule has 2 rings (SSSR count). The summed E-state index contributed by atoms with van der Waals surface area (Å²) in [4.78, 5) is 49.8. The van der Waals surface area contributed by atoms with E-state index in [1.54, 1.807) is 24.3 Å². The standard InChI is InChI=1S/C32H42ClNO7/c1-4-5-6-7-8-9-10-11-12-13-20-40-31(37)23(2)41-32(38)25-16-19-27(33)28(21-25)34-30(36)22-29(35)24-14-17-26(39-3)18-15-24/h14-19,21,23H,4-13,20,22H2,1-3H3,(H,34,36). The number of rotatable bonds is 19. The fraction of sp³-hybridized carbons (Fsp3) is 0.500. The van der Waals surface area contributed by atoms with E-state index in [4.69, 9.17) is 25.8 Å². The van der Waals surface area contributed by atoms with Crippen LogP contribution < -0.4 is 10.1 Å². The van der Waals surface area contributed by atoms with Crippen LogP contribution in [0, 0.1) is 0 Å². The number of nitrogens with one attached hydrogen (secondary N) is 1. The van der Waals surface area contributed by atoms with Crippen LogP contribution >= 0.6 is 11.6 Å². The van der Waals surface area contributed by atoms with Gasteiger partial charge in [-0.05, 0) is 55.8 Å². The van der Waals surface area contributed by atoms with Crippen molar-refractivity contribution in [3.63, 3.8) is 0 Å². The topological polar surface area (TPSA) is 108 Å². The second-order valence-corrected chi connectivity index (χ2v) is 10.4. The van der Waals surface area contributed by atoms with Crippen LogP contribution in [0.3, 0.4) is 0 Å². The van der Waals surface area contributed by atoms with Gasteiger partial charge in [0.25, 0.3) is 0 Å². The molecule has 0 saturated heterocycles. The maximum atomic E-state index is 12.6. The average Bonchev–Trinajstić information content (AvgIpc) is 2.96. The molecule has 1 N–H and O–H groups in total. The summed E-state index contributed by atoms with van der Waals surface area (Å²) < 4.78 is 15.6. The minimum Gasteiger partial charge on any atom is -0.497 e. The smallest absolute Gasteiger partial charge is 0.347 e. The van der Waals surface area contributed by atoms with E-state index in [1.807, 2.05) is 0 Å². The van der Waals surface area contributed by atoms with Gasteiger partial charge in [0.05, 0.1) is 36.4 Å². The molecule has 0 aromatic heterocycles. The molecule has 2 aromatic rings. The lowest BCUT2D eigenvalue weighted by atomic mass is 10.1. The molecule has 1 atom stereocenters. The molecule has 1 amide bonds. The number of amides is 1. The second kappa shape index (κ2) is 18.9. The van der Waals surface area contributed by atoms with Crippen molar-refractivity contribution in [3.8, 4) is 5.75 Å². The Labute approximate surface area is 248 Å². The van der Waals surface area contributed by atoms with Crippen molar-refractivity contribution in [2.24, 2.45) is 0 Å². The number of hydrogen-bond donors (Lipinski definition) is 1. The molecule has 0 aliphatic carbocycles. The molecule has 0 spiro atoms. The number of ketones is 1. The number of esters is 2. The van der Waals surface area contributed by atoms with Gasteiger partial charge in [0.15, 0.2) is 11.9 Å². The highest BCUT2D eigenvalue weighted by Crippen LogP contribution is 2.24. The molecule has 0 fully saturated rings. The zero-order chi connectivity index (χ0) is 30.0. The molecule has 2 aromatic carbocycles. The molecule has 41 heavy (non-hydrogen) atoms. The Bertz CT molecular complexity index is 1130. The molecule has 1 unspecified atom stereocenters. The van der Waals surface area contributed by atoms with Gasteiger partial charge in [0, 0.05) is 5.56 Å². The van der Waals surface area contributed by atoms with Gasteiger partial charge in [-0.1, -0.05) is 76.3 Å². The highest BCUT2D eigenvalue weighted by atomic mass is 35.5. The Morgan fingerprint density at radius 3 is 2.02 bits per heavy atom. The fourth-order valence-corrected chi connectivity index (χ4v) is 4.29. The van der Waals surface area contributed by atoms with E-state index in [1.165, 1.54) is 77.2 Å². The first-order valence-electron chi connectivity index (χ1n) is 14.4. The highest BCUT2D eigenvalue weighted by molar-refractivity contribution is 6.34. The summed E-state index contributed by atoms with van der Waals surface area (Å²) >= 11 is 6.18. The van der Waals surface area contributed by atoms with Crippen molar-refractivity contribution >= 4 is 40.9 Å². The molecular weight excluding hydrogens is 546 g/mol. The first kappa shape index (κ1) is 33.8. The van der Waals surface area contributed by atoms with Crippen LogP contribution in [0.2, 0.25) is 5.02 Å². The van der Waals surface area contributed by atoms with Crippen molar-refractivity contribution in [2.75, 3.05) is 19.0 Å². The lowest BCUT2D eigenvalue weighted by Gasteiger charge is -2.14. The summed E-state index contributed by atoms with van der Waals surface area (Å²) in [5.41, 5.74) is 0.587. The predicted octanol–water partition coefficient (Wildman–Crippen LogP) is 7.57.